The van der Waals surface area contributed by atoms with Gasteiger partial charge in [0.05, 0.1) is 0 Å². The Labute approximate surface area is 95.8 Å². The SMILES string of the molecule is CC(N)C1[CH]CCCCCCCCCC1. The Kier molecular flexibility index (Phi) is 7.08. The van der Waals surface area contributed by atoms with Crippen LogP contribution in [0.3, 0.4) is 0 Å². The molecule has 1 aliphatic rings. The van der Waals surface area contributed by atoms with Crippen LogP contribution in [-0.2, 0) is 0 Å². The van der Waals surface area contributed by atoms with Crippen molar-refractivity contribution in [3.63, 3.8) is 0 Å². The molecule has 0 aromatic carbocycles. The molecule has 2 unspecified atom stereocenters. The average Bonchev–Trinajstić information content (AvgIpc) is 2.18. The number of rotatable bonds is 1. The van der Waals surface area contributed by atoms with Crippen LogP contribution in [0, 0.1) is 12.3 Å². The van der Waals surface area contributed by atoms with Crippen molar-refractivity contribution in [1.29, 1.82) is 0 Å². The minimum absolute atomic E-state index is 0.355. The molecule has 0 aromatic rings. The van der Waals surface area contributed by atoms with E-state index in [4.69, 9.17) is 5.73 Å². The molecular weight excluding hydrogens is 182 g/mol. The molecule has 0 heterocycles. The van der Waals surface area contributed by atoms with E-state index in [-0.39, 0.29) is 0 Å². The Balaban J connectivity index is 2.25. The summed E-state index contributed by atoms with van der Waals surface area (Å²) < 4.78 is 0. The van der Waals surface area contributed by atoms with E-state index in [1.54, 1.807) is 0 Å². The molecule has 0 aliphatic heterocycles. The van der Waals surface area contributed by atoms with Gasteiger partial charge in [0, 0.05) is 6.04 Å². The summed E-state index contributed by atoms with van der Waals surface area (Å²) in [7, 11) is 0. The van der Waals surface area contributed by atoms with Gasteiger partial charge in [0.1, 0.15) is 0 Å². The summed E-state index contributed by atoms with van der Waals surface area (Å²) in [6.07, 6.45) is 16.5. The molecule has 2 N–H and O–H groups in total. The van der Waals surface area contributed by atoms with Crippen molar-refractivity contribution >= 4 is 0 Å². The molecule has 1 fully saturated rings. The van der Waals surface area contributed by atoms with Gasteiger partial charge in [-0.05, 0) is 32.1 Å². The van der Waals surface area contributed by atoms with E-state index >= 15 is 0 Å². The maximum Gasteiger partial charge on any atom is 0.00415 e. The molecule has 1 nitrogen and oxygen atoms in total. The lowest BCUT2D eigenvalue weighted by Crippen LogP contribution is -2.27. The lowest BCUT2D eigenvalue weighted by molar-refractivity contribution is 0.416. The van der Waals surface area contributed by atoms with E-state index < -0.39 is 0 Å². The Morgan fingerprint density at radius 2 is 1.47 bits per heavy atom. The van der Waals surface area contributed by atoms with E-state index in [2.05, 4.69) is 13.3 Å². The van der Waals surface area contributed by atoms with Gasteiger partial charge in [0.2, 0.25) is 0 Å². The normalized spacial score (nSPS) is 25.2. The Hall–Kier alpha value is -0.0400. The van der Waals surface area contributed by atoms with Gasteiger partial charge in [-0.3, -0.25) is 0 Å². The van der Waals surface area contributed by atoms with Crippen LogP contribution in [0.1, 0.15) is 71.1 Å². The zero-order valence-corrected chi connectivity index (χ0v) is 10.4. The number of nitrogens with two attached hydrogens (primary N) is 1. The third-order valence-electron chi connectivity index (χ3n) is 3.64. The highest BCUT2D eigenvalue weighted by Crippen LogP contribution is 2.21. The summed E-state index contributed by atoms with van der Waals surface area (Å²) in [4.78, 5) is 0. The fraction of sp³-hybridized carbons (Fsp3) is 0.929. The zero-order valence-electron chi connectivity index (χ0n) is 10.4. The van der Waals surface area contributed by atoms with Gasteiger partial charge in [-0.15, -0.1) is 0 Å². The molecule has 0 spiro atoms. The zero-order chi connectivity index (χ0) is 10.9. The molecule has 89 valence electrons. The first kappa shape index (κ1) is 13.0. The molecular formula is C14H28N. The Morgan fingerprint density at radius 1 is 0.933 bits per heavy atom. The second-order valence-corrected chi connectivity index (χ2v) is 5.16. The van der Waals surface area contributed by atoms with Gasteiger partial charge in [0.15, 0.2) is 0 Å². The van der Waals surface area contributed by atoms with Gasteiger partial charge < -0.3 is 5.73 Å². The van der Waals surface area contributed by atoms with Crippen LogP contribution in [0.25, 0.3) is 0 Å². The van der Waals surface area contributed by atoms with Crippen molar-refractivity contribution < 1.29 is 0 Å². The lowest BCUT2D eigenvalue weighted by atomic mass is 9.88. The second kappa shape index (κ2) is 8.15. The van der Waals surface area contributed by atoms with Gasteiger partial charge in [-0.25, -0.2) is 0 Å². The van der Waals surface area contributed by atoms with Crippen LogP contribution in [0.2, 0.25) is 0 Å². The largest absolute Gasteiger partial charge is 0.328 e. The maximum absolute atomic E-state index is 6.02. The van der Waals surface area contributed by atoms with Crippen molar-refractivity contribution in [1.82, 2.24) is 0 Å². The first-order chi connectivity index (χ1) is 7.30. The minimum Gasteiger partial charge on any atom is -0.328 e. The van der Waals surface area contributed by atoms with Crippen LogP contribution in [-0.4, -0.2) is 6.04 Å². The van der Waals surface area contributed by atoms with Crippen LogP contribution in [0.5, 0.6) is 0 Å². The molecule has 1 aliphatic carbocycles. The first-order valence-corrected chi connectivity index (χ1v) is 6.89. The molecule has 0 bridgehead atoms. The summed E-state index contributed by atoms with van der Waals surface area (Å²) in [6.45, 7) is 2.16. The smallest absolute Gasteiger partial charge is 0.00415 e. The van der Waals surface area contributed by atoms with Gasteiger partial charge >= 0.3 is 0 Å². The number of hydrogen-bond donors (Lipinski definition) is 1. The topological polar surface area (TPSA) is 26.0 Å². The highest BCUT2D eigenvalue weighted by Gasteiger charge is 2.13. The van der Waals surface area contributed by atoms with Gasteiger partial charge in [0.25, 0.3) is 0 Å². The van der Waals surface area contributed by atoms with Crippen molar-refractivity contribution in [2.24, 2.45) is 11.7 Å². The molecule has 2 atom stereocenters. The second-order valence-electron chi connectivity index (χ2n) is 5.16. The van der Waals surface area contributed by atoms with Crippen LogP contribution in [0.4, 0.5) is 0 Å². The predicted molar refractivity (Wildman–Crippen MR) is 67.6 cm³/mol. The molecule has 1 heteroatoms. The molecule has 0 saturated heterocycles. The van der Waals surface area contributed by atoms with Gasteiger partial charge in [-0.1, -0.05) is 51.4 Å². The standard InChI is InChI=1S/C14H28N/c1-13(15)14-11-9-7-5-3-2-4-6-8-10-12-14/h11,13-14H,2-10,12,15H2,1H3. The van der Waals surface area contributed by atoms with E-state index in [0.29, 0.717) is 12.0 Å². The van der Waals surface area contributed by atoms with Crippen LogP contribution in [0.15, 0.2) is 0 Å². The van der Waals surface area contributed by atoms with Crippen molar-refractivity contribution in [3.8, 4) is 0 Å². The molecule has 1 saturated carbocycles. The van der Waals surface area contributed by atoms with Crippen LogP contribution >= 0.6 is 0 Å². The van der Waals surface area contributed by atoms with E-state index in [1.165, 1.54) is 64.2 Å². The summed E-state index contributed by atoms with van der Waals surface area (Å²) in [5.74, 6) is 0.671. The third kappa shape index (κ3) is 6.19. The highest BCUT2D eigenvalue weighted by atomic mass is 14.6. The predicted octanol–water partition coefficient (Wildman–Crippen LogP) is 4.07. The highest BCUT2D eigenvalue weighted by molar-refractivity contribution is 4.82. The van der Waals surface area contributed by atoms with E-state index in [0.717, 1.165) is 0 Å². The van der Waals surface area contributed by atoms with E-state index in [9.17, 15) is 0 Å². The van der Waals surface area contributed by atoms with Crippen molar-refractivity contribution in [2.45, 2.75) is 77.2 Å². The molecule has 0 aromatic heterocycles. The Bertz CT molecular complexity index is 130. The third-order valence-corrected chi connectivity index (χ3v) is 3.64. The minimum atomic E-state index is 0.355. The van der Waals surface area contributed by atoms with E-state index in [1.807, 2.05) is 0 Å². The summed E-state index contributed by atoms with van der Waals surface area (Å²) in [6, 6.07) is 0.355. The fourth-order valence-electron chi connectivity index (χ4n) is 2.51. The van der Waals surface area contributed by atoms with Crippen molar-refractivity contribution in [2.75, 3.05) is 0 Å². The summed E-state index contributed by atoms with van der Waals surface area (Å²) >= 11 is 0. The van der Waals surface area contributed by atoms with Gasteiger partial charge in [-0.2, -0.15) is 0 Å². The summed E-state index contributed by atoms with van der Waals surface area (Å²) in [5.41, 5.74) is 6.02. The molecule has 0 amide bonds. The molecule has 1 radical (unpaired) electrons. The molecule has 15 heavy (non-hydrogen) atoms. The quantitative estimate of drug-likeness (QED) is 0.693. The fourth-order valence-corrected chi connectivity index (χ4v) is 2.51. The summed E-state index contributed by atoms with van der Waals surface area (Å²) in [5, 5.41) is 0. The van der Waals surface area contributed by atoms with Crippen molar-refractivity contribution in [3.05, 3.63) is 6.42 Å². The monoisotopic (exact) mass is 210 g/mol. The first-order valence-electron chi connectivity index (χ1n) is 6.89. The maximum atomic E-state index is 6.02. The average molecular weight is 210 g/mol. The Morgan fingerprint density at radius 3 is 2.07 bits per heavy atom. The van der Waals surface area contributed by atoms with Crippen LogP contribution < -0.4 is 5.73 Å². The number of hydrogen-bond acceptors (Lipinski definition) is 1. The lowest BCUT2D eigenvalue weighted by Gasteiger charge is -2.20. The molecule has 1 rings (SSSR count).